The van der Waals surface area contributed by atoms with E-state index in [2.05, 4.69) is 0 Å². The van der Waals surface area contributed by atoms with E-state index in [0.717, 1.165) is 18.1 Å². The predicted octanol–water partition coefficient (Wildman–Crippen LogP) is 4.13. The van der Waals surface area contributed by atoms with Gasteiger partial charge in [0.15, 0.2) is 11.5 Å². The molecule has 6 nitrogen and oxygen atoms in total. The normalized spacial score (nSPS) is 15.6. The number of ether oxygens (including phenoxy) is 2. The van der Waals surface area contributed by atoms with Crippen LogP contribution in [0.4, 0.5) is 13.2 Å². The van der Waals surface area contributed by atoms with Crippen LogP contribution in [-0.2, 0) is 17.4 Å². The summed E-state index contributed by atoms with van der Waals surface area (Å²) in [5.74, 6) is 0.881. The molecular weight excluding hydrogens is 415 g/mol. The number of halogens is 3. The zero-order valence-electron chi connectivity index (χ0n) is 17.2. The molecular formula is C22H24F3NO5. The van der Waals surface area contributed by atoms with Crippen molar-refractivity contribution in [2.24, 2.45) is 5.92 Å². The number of rotatable bonds is 5. The molecule has 168 valence electrons. The standard InChI is InChI=1S/C21H22F3NO3.CH2O2/c1-27-18-8-7-14(12-19(18)28-2)11-15-9-10-25(13-15)20(26)16-5-3-4-6-17(16)21(22,23)24;2-1-3/h3-8,12,15H,9-11,13H2,1-2H3;1H,(H,2,3). The van der Waals surface area contributed by atoms with Crippen molar-refractivity contribution in [1.29, 1.82) is 0 Å². The second-order valence-corrected chi connectivity index (χ2v) is 6.95. The summed E-state index contributed by atoms with van der Waals surface area (Å²) < 4.78 is 50.1. The van der Waals surface area contributed by atoms with Crippen LogP contribution in [0.25, 0.3) is 0 Å². The highest BCUT2D eigenvalue weighted by Crippen LogP contribution is 2.34. The van der Waals surface area contributed by atoms with Crippen LogP contribution in [0.5, 0.6) is 11.5 Å². The molecule has 1 amide bonds. The molecule has 1 saturated heterocycles. The number of alkyl halides is 3. The molecule has 3 rings (SSSR count). The van der Waals surface area contributed by atoms with Gasteiger partial charge < -0.3 is 19.5 Å². The summed E-state index contributed by atoms with van der Waals surface area (Å²) in [6.07, 6.45) is -3.09. The minimum atomic E-state index is -4.55. The molecule has 0 radical (unpaired) electrons. The lowest BCUT2D eigenvalue weighted by Gasteiger charge is -2.19. The largest absolute Gasteiger partial charge is 0.493 e. The van der Waals surface area contributed by atoms with Gasteiger partial charge >= 0.3 is 6.18 Å². The fraction of sp³-hybridized carbons (Fsp3) is 0.364. The van der Waals surface area contributed by atoms with Crippen molar-refractivity contribution in [3.05, 3.63) is 59.2 Å². The number of benzene rings is 2. The summed E-state index contributed by atoms with van der Waals surface area (Å²) in [6.45, 7) is 0.627. The highest BCUT2D eigenvalue weighted by Gasteiger charge is 2.37. The Labute approximate surface area is 178 Å². The van der Waals surface area contributed by atoms with E-state index in [0.29, 0.717) is 31.0 Å². The molecule has 31 heavy (non-hydrogen) atoms. The second kappa shape index (κ2) is 10.7. The average molecular weight is 439 g/mol. The number of amides is 1. The highest BCUT2D eigenvalue weighted by atomic mass is 19.4. The summed E-state index contributed by atoms with van der Waals surface area (Å²) >= 11 is 0. The first-order valence-corrected chi connectivity index (χ1v) is 9.49. The summed E-state index contributed by atoms with van der Waals surface area (Å²) in [7, 11) is 3.13. The number of nitrogens with zero attached hydrogens (tertiary/aromatic N) is 1. The minimum Gasteiger partial charge on any atom is -0.493 e. The quantitative estimate of drug-likeness (QED) is 0.709. The van der Waals surface area contributed by atoms with E-state index in [4.69, 9.17) is 19.4 Å². The topological polar surface area (TPSA) is 76.1 Å². The van der Waals surface area contributed by atoms with E-state index in [9.17, 15) is 18.0 Å². The molecule has 0 bridgehead atoms. The molecule has 0 aromatic heterocycles. The van der Waals surface area contributed by atoms with Crippen molar-refractivity contribution in [3.63, 3.8) is 0 Å². The molecule has 9 heteroatoms. The van der Waals surface area contributed by atoms with Crippen LogP contribution in [0.3, 0.4) is 0 Å². The highest BCUT2D eigenvalue weighted by molar-refractivity contribution is 5.96. The van der Waals surface area contributed by atoms with Gasteiger partial charge in [-0.3, -0.25) is 9.59 Å². The summed E-state index contributed by atoms with van der Waals surface area (Å²) in [5.41, 5.74) is -0.141. The van der Waals surface area contributed by atoms with Gasteiger partial charge in [-0.1, -0.05) is 18.2 Å². The lowest BCUT2D eigenvalue weighted by Crippen LogP contribution is -2.30. The van der Waals surface area contributed by atoms with E-state index in [1.807, 2.05) is 18.2 Å². The number of hydrogen-bond donors (Lipinski definition) is 1. The Bertz CT molecular complexity index is 901. The third kappa shape index (κ3) is 6.13. The van der Waals surface area contributed by atoms with Gasteiger partial charge in [-0.15, -0.1) is 0 Å². The van der Waals surface area contributed by atoms with Gasteiger partial charge in [0.2, 0.25) is 0 Å². The summed E-state index contributed by atoms with van der Waals surface area (Å²) in [6, 6.07) is 10.6. The zero-order chi connectivity index (χ0) is 23.0. The number of likely N-dealkylation sites (tertiary alicyclic amines) is 1. The maximum atomic E-state index is 13.2. The number of carboxylic acid groups (broad SMARTS) is 1. The van der Waals surface area contributed by atoms with Crippen LogP contribution in [0, 0.1) is 5.92 Å². The van der Waals surface area contributed by atoms with Crippen LogP contribution >= 0.6 is 0 Å². The van der Waals surface area contributed by atoms with Crippen molar-refractivity contribution in [2.45, 2.75) is 19.0 Å². The van der Waals surface area contributed by atoms with Crippen LogP contribution in [-0.4, -0.2) is 49.7 Å². The van der Waals surface area contributed by atoms with E-state index in [1.54, 1.807) is 14.2 Å². The minimum absolute atomic E-state index is 0.181. The molecule has 0 aliphatic carbocycles. The molecule has 0 saturated carbocycles. The van der Waals surface area contributed by atoms with Gasteiger partial charge in [-0.05, 0) is 48.6 Å². The van der Waals surface area contributed by atoms with E-state index in [-0.39, 0.29) is 18.0 Å². The third-order valence-electron chi connectivity index (χ3n) is 5.01. The van der Waals surface area contributed by atoms with Crippen molar-refractivity contribution in [1.82, 2.24) is 4.90 Å². The number of methoxy groups -OCH3 is 2. The monoisotopic (exact) mass is 439 g/mol. The summed E-state index contributed by atoms with van der Waals surface area (Å²) in [5, 5.41) is 6.89. The Morgan fingerprint density at radius 2 is 1.81 bits per heavy atom. The van der Waals surface area contributed by atoms with E-state index >= 15 is 0 Å². The molecule has 1 heterocycles. The Morgan fingerprint density at radius 3 is 2.42 bits per heavy atom. The first kappa shape index (κ1) is 24.0. The maximum absolute atomic E-state index is 13.2. The van der Waals surface area contributed by atoms with Gasteiger partial charge in [-0.25, -0.2) is 0 Å². The number of hydrogen-bond acceptors (Lipinski definition) is 4. The zero-order valence-corrected chi connectivity index (χ0v) is 17.2. The van der Waals surface area contributed by atoms with Crippen LogP contribution in [0.15, 0.2) is 42.5 Å². The van der Waals surface area contributed by atoms with E-state index in [1.165, 1.54) is 23.1 Å². The van der Waals surface area contributed by atoms with Gasteiger partial charge in [0, 0.05) is 13.1 Å². The van der Waals surface area contributed by atoms with Crippen LogP contribution < -0.4 is 9.47 Å². The number of carbonyl (C=O) groups is 2. The Balaban J connectivity index is 0.00000107. The second-order valence-electron chi connectivity index (χ2n) is 6.95. The van der Waals surface area contributed by atoms with Crippen LogP contribution in [0.2, 0.25) is 0 Å². The Kier molecular flexibility index (Phi) is 8.30. The van der Waals surface area contributed by atoms with Gasteiger partial charge in [-0.2, -0.15) is 13.2 Å². The van der Waals surface area contributed by atoms with Crippen LogP contribution in [0.1, 0.15) is 27.9 Å². The van der Waals surface area contributed by atoms with E-state index < -0.39 is 17.6 Å². The fourth-order valence-corrected chi connectivity index (χ4v) is 3.61. The molecule has 1 aliphatic heterocycles. The average Bonchev–Trinajstić information content (AvgIpc) is 3.21. The van der Waals surface area contributed by atoms with Gasteiger partial charge in [0.25, 0.3) is 12.4 Å². The maximum Gasteiger partial charge on any atom is 0.417 e. The van der Waals surface area contributed by atoms with Gasteiger partial charge in [0.1, 0.15) is 0 Å². The Hall–Kier alpha value is -3.23. The van der Waals surface area contributed by atoms with Crippen molar-refractivity contribution >= 4 is 12.4 Å². The smallest absolute Gasteiger partial charge is 0.417 e. The Morgan fingerprint density at radius 1 is 1.16 bits per heavy atom. The molecule has 2 aromatic rings. The van der Waals surface area contributed by atoms with Gasteiger partial charge in [0.05, 0.1) is 25.3 Å². The first-order chi connectivity index (χ1) is 14.7. The lowest BCUT2D eigenvalue weighted by atomic mass is 9.98. The van der Waals surface area contributed by atoms with Crippen molar-refractivity contribution < 1.29 is 37.3 Å². The fourth-order valence-electron chi connectivity index (χ4n) is 3.61. The number of carbonyl (C=O) groups excluding carboxylic acids is 1. The molecule has 1 fully saturated rings. The summed E-state index contributed by atoms with van der Waals surface area (Å²) in [4.78, 5) is 22.6. The molecule has 1 aliphatic rings. The van der Waals surface area contributed by atoms with Crippen molar-refractivity contribution in [3.8, 4) is 11.5 Å². The molecule has 1 unspecified atom stereocenters. The predicted molar refractivity (Wildman–Crippen MR) is 107 cm³/mol. The first-order valence-electron chi connectivity index (χ1n) is 9.49. The molecule has 0 spiro atoms. The third-order valence-corrected chi connectivity index (χ3v) is 5.01. The lowest BCUT2D eigenvalue weighted by molar-refractivity contribution is -0.138. The van der Waals surface area contributed by atoms with Crippen molar-refractivity contribution in [2.75, 3.05) is 27.3 Å². The molecule has 1 atom stereocenters. The molecule has 2 aromatic carbocycles. The SMILES string of the molecule is COc1ccc(CC2CCN(C(=O)c3ccccc3C(F)(F)F)C2)cc1OC.O=CO. The molecule has 1 N–H and O–H groups in total.